The van der Waals surface area contributed by atoms with E-state index in [0.717, 1.165) is 17.5 Å². The summed E-state index contributed by atoms with van der Waals surface area (Å²) in [6.45, 7) is -0.297. The minimum absolute atomic E-state index is 0.137. The van der Waals surface area contributed by atoms with E-state index in [1.165, 1.54) is 6.33 Å². The molecule has 0 aliphatic rings. The van der Waals surface area contributed by atoms with Crippen molar-refractivity contribution in [2.75, 3.05) is 11.9 Å². The summed E-state index contributed by atoms with van der Waals surface area (Å²) in [5.41, 5.74) is 0.702. The van der Waals surface area contributed by atoms with Crippen LogP contribution in [0, 0.1) is 10.1 Å². The number of fused-ring (bicyclic) bond motifs is 1. The van der Waals surface area contributed by atoms with E-state index >= 15 is 0 Å². The third-order valence-electron chi connectivity index (χ3n) is 2.77. The van der Waals surface area contributed by atoms with Gasteiger partial charge in [-0.05, 0) is 23.5 Å². The maximum Gasteiger partial charge on any atom is 0.345 e. The minimum Gasteiger partial charge on any atom is -0.467 e. The van der Waals surface area contributed by atoms with Crippen LogP contribution in [0.25, 0.3) is 10.9 Å². The number of thiazole rings is 1. The number of hydrogen-bond acceptors (Lipinski definition) is 8. The number of aromatic nitrogens is 3. The van der Waals surface area contributed by atoms with Gasteiger partial charge in [-0.2, -0.15) is 0 Å². The molecule has 0 aliphatic carbocycles. The average Bonchev–Trinajstić information content (AvgIpc) is 3.01. The molecule has 0 spiro atoms. The van der Waals surface area contributed by atoms with Crippen LogP contribution in [0.5, 0.6) is 5.88 Å². The molecule has 0 saturated heterocycles. The van der Waals surface area contributed by atoms with E-state index in [1.54, 1.807) is 12.1 Å². The molecule has 10 heteroatoms. The fraction of sp³-hybridized carbons (Fsp3) is 0.0769. The average molecular weight is 331 g/mol. The lowest BCUT2D eigenvalue weighted by Crippen LogP contribution is -2.20. The Hall–Kier alpha value is -3.14. The third-order valence-corrected chi connectivity index (χ3v) is 3.63. The molecule has 0 fully saturated rings. The van der Waals surface area contributed by atoms with Gasteiger partial charge in [0, 0.05) is 0 Å². The van der Waals surface area contributed by atoms with Gasteiger partial charge in [0.15, 0.2) is 11.7 Å². The molecule has 2 heterocycles. The van der Waals surface area contributed by atoms with Gasteiger partial charge < -0.3 is 4.74 Å². The Kier molecular flexibility index (Phi) is 4.06. The fourth-order valence-electron chi connectivity index (χ4n) is 1.79. The van der Waals surface area contributed by atoms with E-state index in [9.17, 15) is 14.9 Å². The lowest BCUT2D eigenvalue weighted by molar-refractivity contribution is -0.380. The molecular weight excluding hydrogens is 322 g/mol. The van der Waals surface area contributed by atoms with Crippen molar-refractivity contribution in [1.29, 1.82) is 0 Å². The van der Waals surface area contributed by atoms with Gasteiger partial charge in [-0.15, -0.1) is 0 Å². The number of carbonyl (C=O) groups is 1. The lowest BCUT2D eigenvalue weighted by atomic mass is 10.2. The number of amides is 1. The predicted octanol–water partition coefficient (Wildman–Crippen LogP) is 2.01. The van der Waals surface area contributed by atoms with Crippen molar-refractivity contribution in [2.45, 2.75) is 0 Å². The monoisotopic (exact) mass is 331 g/mol. The van der Waals surface area contributed by atoms with Gasteiger partial charge in [-0.1, -0.05) is 12.1 Å². The molecule has 0 atom stereocenters. The van der Waals surface area contributed by atoms with Gasteiger partial charge in [-0.25, -0.2) is 15.0 Å². The van der Waals surface area contributed by atoms with Crippen molar-refractivity contribution in [3.63, 3.8) is 0 Å². The van der Waals surface area contributed by atoms with Crippen LogP contribution < -0.4 is 10.1 Å². The van der Waals surface area contributed by atoms with E-state index in [4.69, 9.17) is 4.74 Å². The van der Waals surface area contributed by atoms with Crippen molar-refractivity contribution in [3.05, 3.63) is 46.9 Å². The van der Waals surface area contributed by atoms with Gasteiger partial charge in [0.25, 0.3) is 5.91 Å². The van der Waals surface area contributed by atoms with Crippen LogP contribution in [0.4, 0.5) is 10.1 Å². The number of nitrogens with one attached hydrogen (secondary N) is 1. The molecule has 2 aromatic heterocycles. The molecule has 116 valence electrons. The van der Waals surface area contributed by atoms with E-state index in [-0.39, 0.29) is 22.6 Å². The molecule has 0 aliphatic heterocycles. The third kappa shape index (κ3) is 3.37. The molecule has 1 aromatic carbocycles. The maximum absolute atomic E-state index is 11.8. The van der Waals surface area contributed by atoms with E-state index < -0.39 is 10.8 Å². The SMILES string of the molecule is O=C(COc1ncnc2ccccc12)Nc1ncc([N+](=O)[O-])s1. The second kappa shape index (κ2) is 6.32. The number of benzene rings is 1. The summed E-state index contributed by atoms with van der Waals surface area (Å²) in [5.74, 6) is -0.201. The van der Waals surface area contributed by atoms with Gasteiger partial charge in [0.05, 0.1) is 15.8 Å². The van der Waals surface area contributed by atoms with E-state index in [0.29, 0.717) is 10.9 Å². The first kappa shape index (κ1) is 14.8. The number of para-hydroxylation sites is 1. The maximum atomic E-state index is 11.8. The minimum atomic E-state index is -0.573. The Morgan fingerprint density at radius 3 is 2.91 bits per heavy atom. The first-order valence-corrected chi connectivity index (χ1v) is 7.18. The molecule has 3 aromatic rings. The largest absolute Gasteiger partial charge is 0.467 e. The standard InChI is InChI=1S/C13H9N5O4S/c19-10(17-13-14-5-11(23-13)18(20)21)6-22-12-8-3-1-2-4-9(8)15-7-16-12/h1-5,7H,6H2,(H,14,17,19). The normalized spacial score (nSPS) is 10.4. The summed E-state index contributed by atoms with van der Waals surface area (Å²) in [7, 11) is 0. The van der Waals surface area contributed by atoms with Crippen LogP contribution in [0.2, 0.25) is 0 Å². The van der Waals surface area contributed by atoms with Crippen molar-refractivity contribution >= 4 is 38.3 Å². The van der Waals surface area contributed by atoms with Crippen LogP contribution in [0.15, 0.2) is 36.8 Å². The molecule has 3 rings (SSSR count). The molecule has 23 heavy (non-hydrogen) atoms. The molecule has 0 saturated carbocycles. The molecule has 1 amide bonds. The molecular formula is C13H9N5O4S. The summed E-state index contributed by atoms with van der Waals surface area (Å²) < 4.78 is 5.39. The quantitative estimate of drug-likeness (QED) is 0.561. The number of rotatable bonds is 5. The highest BCUT2D eigenvalue weighted by atomic mass is 32.1. The van der Waals surface area contributed by atoms with Crippen molar-refractivity contribution in [3.8, 4) is 5.88 Å². The van der Waals surface area contributed by atoms with E-state index in [2.05, 4.69) is 20.3 Å². The Morgan fingerprint density at radius 1 is 1.30 bits per heavy atom. The zero-order valence-electron chi connectivity index (χ0n) is 11.5. The van der Waals surface area contributed by atoms with Crippen LogP contribution in [-0.2, 0) is 4.79 Å². The van der Waals surface area contributed by atoms with Gasteiger partial charge in [0.2, 0.25) is 5.88 Å². The first-order chi connectivity index (χ1) is 11.1. The van der Waals surface area contributed by atoms with E-state index in [1.807, 2.05) is 12.1 Å². The Morgan fingerprint density at radius 2 is 2.13 bits per heavy atom. The Balaban J connectivity index is 1.65. The van der Waals surface area contributed by atoms with Gasteiger partial charge >= 0.3 is 5.00 Å². The molecule has 0 radical (unpaired) electrons. The highest BCUT2D eigenvalue weighted by Gasteiger charge is 2.14. The number of hydrogen-bond donors (Lipinski definition) is 1. The lowest BCUT2D eigenvalue weighted by Gasteiger charge is -2.06. The second-order valence-corrected chi connectivity index (χ2v) is 5.30. The Labute approximate surface area is 133 Å². The van der Waals surface area contributed by atoms with Crippen LogP contribution in [0.1, 0.15) is 0 Å². The number of ether oxygens (including phenoxy) is 1. The molecule has 0 bridgehead atoms. The summed E-state index contributed by atoms with van der Waals surface area (Å²) in [6, 6.07) is 7.24. The highest BCUT2D eigenvalue weighted by molar-refractivity contribution is 7.18. The van der Waals surface area contributed by atoms with Gasteiger partial charge in [0.1, 0.15) is 12.5 Å². The number of nitro groups is 1. The number of nitrogens with zero attached hydrogens (tertiary/aromatic N) is 4. The fourth-order valence-corrected chi connectivity index (χ4v) is 2.44. The topological polar surface area (TPSA) is 120 Å². The number of carbonyl (C=O) groups excluding carboxylic acids is 1. The Bertz CT molecular complexity index is 876. The smallest absolute Gasteiger partial charge is 0.345 e. The molecule has 0 unspecified atom stereocenters. The molecule has 9 nitrogen and oxygen atoms in total. The van der Waals surface area contributed by atoms with Crippen molar-refractivity contribution in [1.82, 2.24) is 15.0 Å². The number of anilines is 1. The zero-order valence-corrected chi connectivity index (χ0v) is 12.3. The zero-order chi connectivity index (χ0) is 16.2. The predicted molar refractivity (Wildman–Crippen MR) is 82.4 cm³/mol. The second-order valence-electron chi connectivity index (χ2n) is 4.29. The van der Waals surface area contributed by atoms with Crippen LogP contribution in [-0.4, -0.2) is 32.4 Å². The first-order valence-electron chi connectivity index (χ1n) is 6.36. The summed E-state index contributed by atoms with van der Waals surface area (Å²) in [6.07, 6.45) is 2.43. The molecule has 1 N–H and O–H groups in total. The summed E-state index contributed by atoms with van der Waals surface area (Å²) in [4.78, 5) is 33.6. The highest BCUT2D eigenvalue weighted by Crippen LogP contribution is 2.25. The van der Waals surface area contributed by atoms with Crippen LogP contribution in [0.3, 0.4) is 0 Å². The van der Waals surface area contributed by atoms with Gasteiger partial charge in [-0.3, -0.25) is 20.2 Å². The summed E-state index contributed by atoms with van der Waals surface area (Å²) in [5, 5.41) is 13.7. The van der Waals surface area contributed by atoms with Crippen LogP contribution >= 0.6 is 11.3 Å². The van der Waals surface area contributed by atoms with Crippen molar-refractivity contribution < 1.29 is 14.5 Å². The summed E-state index contributed by atoms with van der Waals surface area (Å²) >= 11 is 0.770. The van der Waals surface area contributed by atoms with Crippen molar-refractivity contribution in [2.24, 2.45) is 0 Å².